The van der Waals surface area contributed by atoms with Gasteiger partial charge >= 0.3 is 0 Å². The van der Waals surface area contributed by atoms with Crippen molar-refractivity contribution in [2.45, 2.75) is 62.3 Å². The summed E-state index contributed by atoms with van der Waals surface area (Å²) in [6.45, 7) is 19.8. The van der Waals surface area contributed by atoms with E-state index in [1.807, 2.05) is 12.1 Å². The van der Waals surface area contributed by atoms with Gasteiger partial charge in [-0.1, -0.05) is 77.1 Å². The van der Waals surface area contributed by atoms with Crippen LogP contribution in [0.2, 0.25) is 0 Å². The minimum absolute atomic E-state index is 0.874. The Kier molecular flexibility index (Phi) is 10.4. The first kappa shape index (κ1) is 41.2. The largest absolute Gasteiger partial charge is 0.354 e. The summed E-state index contributed by atoms with van der Waals surface area (Å²) in [6.07, 6.45) is 12.3. The molecular weight excluding hydrogens is 791 g/mol. The summed E-state index contributed by atoms with van der Waals surface area (Å²) < 4.78 is 0. The SMILES string of the molecule is Cc1cc(C)c(-c2c3nc(c(-c4c(C)cc(C)cc4C)c4ccc([nH]4)c(-c4c(C)cc(C)cc4C)c4nc(c(-c5ccc(C#Cc6ccncc6)cc5)c5ccc2[nH]5)C=C4)C=C3)c(C)c1. The first-order valence-corrected chi connectivity index (χ1v) is 22.3. The van der Waals surface area contributed by atoms with Crippen molar-refractivity contribution >= 4 is 46.4 Å². The highest BCUT2D eigenvalue weighted by Crippen LogP contribution is 2.42. The third-order valence-corrected chi connectivity index (χ3v) is 12.7. The maximum Gasteiger partial charge on any atom is 0.0737 e. The average Bonchev–Trinajstić information content (AvgIpc) is 4.11. The van der Waals surface area contributed by atoms with Gasteiger partial charge < -0.3 is 9.97 Å². The van der Waals surface area contributed by atoms with Crippen LogP contribution in [0.5, 0.6) is 0 Å². The van der Waals surface area contributed by atoms with Crippen molar-refractivity contribution in [3.8, 4) is 56.3 Å². The predicted octanol–water partition coefficient (Wildman–Crippen LogP) is 14.9. The molecule has 4 aromatic carbocycles. The zero-order chi connectivity index (χ0) is 45.1. The Balaban J connectivity index is 1.36. The molecule has 0 atom stereocenters. The second-order valence-electron chi connectivity index (χ2n) is 17.9. The van der Waals surface area contributed by atoms with Crippen molar-refractivity contribution in [3.05, 3.63) is 193 Å². The van der Waals surface area contributed by atoms with Gasteiger partial charge in [-0.2, -0.15) is 0 Å². The number of nitrogens with zero attached hydrogens (tertiary/aromatic N) is 3. The van der Waals surface area contributed by atoms with Crippen molar-refractivity contribution in [1.29, 1.82) is 0 Å². The molecule has 8 aromatic rings. The summed E-state index contributed by atoms with van der Waals surface area (Å²) in [7, 11) is 0. The van der Waals surface area contributed by atoms with Crippen LogP contribution in [-0.2, 0) is 0 Å². The van der Waals surface area contributed by atoms with E-state index in [1.54, 1.807) is 12.4 Å². The molecule has 0 aliphatic carbocycles. The fourth-order valence-electron chi connectivity index (χ4n) is 10.3. The van der Waals surface area contributed by atoms with E-state index in [1.165, 1.54) is 66.8 Å². The van der Waals surface area contributed by atoms with E-state index in [9.17, 15) is 0 Å². The molecule has 65 heavy (non-hydrogen) atoms. The number of aryl methyl sites for hydroxylation is 9. The molecule has 316 valence electrons. The zero-order valence-corrected chi connectivity index (χ0v) is 38.5. The number of aromatic amines is 2. The molecule has 0 spiro atoms. The third-order valence-electron chi connectivity index (χ3n) is 12.7. The molecule has 4 aromatic heterocycles. The van der Waals surface area contributed by atoms with Crippen molar-refractivity contribution in [2.24, 2.45) is 0 Å². The van der Waals surface area contributed by atoms with Gasteiger partial charge in [-0.25, -0.2) is 9.97 Å². The quantitative estimate of drug-likeness (QED) is 0.173. The van der Waals surface area contributed by atoms with Gasteiger partial charge in [-0.15, -0.1) is 0 Å². The summed E-state index contributed by atoms with van der Waals surface area (Å²) in [4.78, 5) is 23.3. The lowest BCUT2D eigenvalue weighted by molar-refractivity contribution is 1.27. The molecule has 5 heteroatoms. The molecule has 6 heterocycles. The minimum atomic E-state index is 0.874. The van der Waals surface area contributed by atoms with E-state index in [0.717, 1.165) is 83.8 Å². The number of pyridine rings is 1. The molecule has 0 amide bonds. The van der Waals surface area contributed by atoms with Gasteiger partial charge in [0.2, 0.25) is 0 Å². The second-order valence-corrected chi connectivity index (χ2v) is 17.9. The summed E-state index contributed by atoms with van der Waals surface area (Å²) in [5.41, 5.74) is 29.1. The predicted molar refractivity (Wildman–Crippen MR) is 273 cm³/mol. The van der Waals surface area contributed by atoms with Gasteiger partial charge in [-0.05, 0) is 191 Å². The third kappa shape index (κ3) is 7.62. The Morgan fingerprint density at radius 1 is 0.338 bits per heavy atom. The average molecular weight is 842 g/mol. The smallest absolute Gasteiger partial charge is 0.0737 e. The number of hydrogen-bond donors (Lipinski definition) is 2. The summed E-state index contributed by atoms with van der Waals surface area (Å²) in [5.74, 6) is 6.63. The molecule has 0 radical (unpaired) electrons. The molecule has 5 nitrogen and oxygen atoms in total. The van der Waals surface area contributed by atoms with Crippen LogP contribution in [0.25, 0.3) is 90.9 Å². The lowest BCUT2D eigenvalue weighted by Crippen LogP contribution is -1.96. The minimum Gasteiger partial charge on any atom is -0.354 e. The Hall–Kier alpha value is -7.81. The molecule has 0 fully saturated rings. The fraction of sp³-hybridized carbons (Fsp3) is 0.150. The molecule has 2 N–H and O–H groups in total. The van der Waals surface area contributed by atoms with Crippen molar-refractivity contribution < 1.29 is 0 Å². The molecule has 2 aliphatic rings. The van der Waals surface area contributed by atoms with Crippen LogP contribution in [0, 0.1) is 74.2 Å². The van der Waals surface area contributed by atoms with Gasteiger partial charge in [0.25, 0.3) is 0 Å². The zero-order valence-electron chi connectivity index (χ0n) is 38.5. The van der Waals surface area contributed by atoms with Crippen molar-refractivity contribution in [2.75, 3.05) is 0 Å². The van der Waals surface area contributed by atoms with Crippen LogP contribution < -0.4 is 0 Å². The van der Waals surface area contributed by atoms with Crippen LogP contribution in [0.4, 0.5) is 0 Å². The van der Waals surface area contributed by atoms with Gasteiger partial charge in [0.1, 0.15) is 0 Å². The monoisotopic (exact) mass is 841 g/mol. The fourth-order valence-corrected chi connectivity index (χ4v) is 10.3. The number of H-pyrrole nitrogens is 2. The number of benzene rings is 4. The van der Waals surface area contributed by atoms with Crippen LogP contribution in [0.3, 0.4) is 0 Å². The Labute approximate surface area is 381 Å². The van der Waals surface area contributed by atoms with E-state index in [-0.39, 0.29) is 0 Å². The van der Waals surface area contributed by atoms with Crippen LogP contribution in [0.15, 0.2) is 109 Å². The molecule has 8 bridgehead atoms. The second kappa shape index (κ2) is 16.4. The number of nitrogens with one attached hydrogen (secondary N) is 2. The van der Waals surface area contributed by atoms with E-state index in [0.29, 0.717) is 0 Å². The summed E-state index contributed by atoms with van der Waals surface area (Å²) in [5, 5.41) is 0. The van der Waals surface area contributed by atoms with E-state index >= 15 is 0 Å². The first-order chi connectivity index (χ1) is 31.4. The van der Waals surface area contributed by atoms with Crippen LogP contribution in [0.1, 0.15) is 84.0 Å². The topological polar surface area (TPSA) is 70.2 Å². The maximum atomic E-state index is 5.63. The Bertz CT molecular complexity index is 3440. The van der Waals surface area contributed by atoms with Crippen LogP contribution in [-0.4, -0.2) is 24.9 Å². The Morgan fingerprint density at radius 3 is 1.00 bits per heavy atom. The van der Waals surface area contributed by atoms with Crippen molar-refractivity contribution in [3.63, 3.8) is 0 Å². The first-order valence-electron chi connectivity index (χ1n) is 22.3. The van der Waals surface area contributed by atoms with Gasteiger partial charge in [0.15, 0.2) is 0 Å². The summed E-state index contributed by atoms with van der Waals surface area (Å²) in [6, 6.07) is 34.9. The van der Waals surface area contributed by atoms with Gasteiger partial charge in [0.05, 0.1) is 22.8 Å². The molecule has 0 saturated carbocycles. The molecular formula is C60H51N5. The molecule has 0 saturated heterocycles. The van der Waals surface area contributed by atoms with E-state index < -0.39 is 0 Å². The van der Waals surface area contributed by atoms with Gasteiger partial charge in [0, 0.05) is 67.8 Å². The van der Waals surface area contributed by atoms with Gasteiger partial charge in [-0.3, -0.25) is 4.98 Å². The van der Waals surface area contributed by atoms with E-state index in [4.69, 9.17) is 9.97 Å². The number of fused-ring (bicyclic) bond motifs is 8. The number of rotatable bonds is 4. The number of aromatic nitrogens is 5. The number of hydrogen-bond acceptors (Lipinski definition) is 3. The lowest BCUT2D eigenvalue weighted by Gasteiger charge is -2.14. The molecule has 0 unspecified atom stereocenters. The maximum absolute atomic E-state index is 5.63. The van der Waals surface area contributed by atoms with E-state index in [2.05, 4.69) is 198 Å². The lowest BCUT2D eigenvalue weighted by atomic mass is 9.92. The molecule has 2 aliphatic heterocycles. The standard InChI is InChI=1S/C60H51N5/c1-34-28-37(4)54(38(5)29-34)58-48-18-16-46(62-48)57(45-14-12-43(13-15-45)10-11-44-24-26-61-27-25-44)47-17-19-49(63-47)59(55-39(6)30-35(2)31-40(55)7)51-21-23-53(65-51)60(52-22-20-50(58)64-52)56-41(8)32-36(3)33-42(56)9/h12-33,62,65H,1-9H3. The molecule has 10 rings (SSSR count). The van der Waals surface area contributed by atoms with Crippen LogP contribution >= 0.6 is 0 Å². The summed E-state index contributed by atoms with van der Waals surface area (Å²) >= 11 is 0. The highest BCUT2D eigenvalue weighted by atomic mass is 14.8. The van der Waals surface area contributed by atoms with Crippen molar-refractivity contribution in [1.82, 2.24) is 24.9 Å². The highest BCUT2D eigenvalue weighted by Gasteiger charge is 2.22. The normalized spacial score (nSPS) is 11.8. The Morgan fingerprint density at radius 2 is 0.646 bits per heavy atom. The highest BCUT2D eigenvalue weighted by molar-refractivity contribution is 6.01.